The maximum atomic E-state index is 12.2. The smallest absolute Gasteiger partial charge is 0.335 e. The molecule has 5 aliphatic rings. The van der Waals surface area contributed by atoms with Gasteiger partial charge in [-0.25, -0.2) is 9.59 Å². The number of ether oxygens (including phenoxy) is 7. The zero-order valence-electron chi connectivity index (χ0n) is 41.8. The van der Waals surface area contributed by atoms with Gasteiger partial charge in [0.05, 0.1) is 61.9 Å². The van der Waals surface area contributed by atoms with E-state index in [9.17, 15) is 58.8 Å². The summed E-state index contributed by atoms with van der Waals surface area (Å²) in [6, 6.07) is 0. The number of carbonyl (C=O) groups excluding carboxylic acids is 6. The number of rotatable bonds is 19. The predicted molar refractivity (Wildman–Crippen MR) is 253 cm³/mol. The zero-order chi connectivity index (χ0) is 55.0. The second-order valence-corrected chi connectivity index (χ2v) is 19.2. The summed E-state index contributed by atoms with van der Waals surface area (Å²) in [5.74, 6) is -7.99. The number of aliphatic carboxylic acids is 2. The van der Waals surface area contributed by atoms with Gasteiger partial charge in [0, 0.05) is 11.1 Å². The normalized spacial score (nSPS) is 24.7. The van der Waals surface area contributed by atoms with Gasteiger partial charge in [0.1, 0.15) is 43.2 Å². The van der Waals surface area contributed by atoms with Crippen molar-refractivity contribution in [3.05, 3.63) is 24.3 Å². The topological polar surface area (TPSA) is 387 Å². The molecule has 0 amide bonds. The number of carboxylic acid groups (broad SMARTS) is 2. The van der Waals surface area contributed by atoms with Gasteiger partial charge in [0.25, 0.3) is 0 Å². The van der Waals surface area contributed by atoms with Gasteiger partial charge < -0.3 is 79.1 Å². The fourth-order valence-electron chi connectivity index (χ4n) is 7.09. The SMILES string of the molecule is C.C=C(C)C(=O)OC1CO1.C=C(C)C(=O)OCC(O)OCC(C)(O)COC(=O)C1CCCCC1C(=O)O.CC(O)(CO)CO.CC(O)(CO)COC(=O)C1CCCCC1C(=O)O.O=C1OC(=O)C2CCCCC12. The minimum absolute atomic E-state index is 0. The molecule has 420 valence electrons. The highest BCUT2D eigenvalue weighted by Crippen LogP contribution is 2.36. The Morgan fingerprint density at radius 3 is 1.32 bits per heavy atom. The molecule has 2 aliphatic heterocycles. The van der Waals surface area contributed by atoms with Gasteiger partial charge in [-0.3, -0.25) is 28.8 Å². The van der Waals surface area contributed by atoms with E-state index >= 15 is 0 Å². The van der Waals surface area contributed by atoms with Crippen LogP contribution in [0.15, 0.2) is 24.3 Å². The van der Waals surface area contributed by atoms with Crippen LogP contribution >= 0.6 is 0 Å². The number of epoxide rings is 1. The molecular formula is C49H80O24. The number of carboxylic acids is 2. The van der Waals surface area contributed by atoms with Crippen LogP contribution in [0, 0.1) is 35.5 Å². The molecule has 0 aromatic rings. The Morgan fingerprint density at radius 1 is 0.603 bits per heavy atom. The number of cyclic esters (lactones) is 2. The standard InChI is InChI=1S/C18H28O9.C12H20O6.C8H10O3.C6H8O3.C4H10O3.CH4/c1-11(2)16(22)25-8-14(19)26-9-18(3,24)10-27-17(23)13-7-5-4-6-12(13)15(20)21;1-12(17,6-13)7-18-11(16)9-5-3-2-4-8(9)10(14)15;9-7-5-3-1-2-4-6(5)8(10)11-7;1-4(2)6(7)9-5-3-8-5;1-4(7,2-5)3-6;/h12-14,19,24H,1,4-10H2,2-3H3,(H,20,21);8-9,13,17H,2-7H2,1H3,(H,14,15);5-6H,1-4H2;5H,1,3H2,2H3;5-7H,2-3H2,1H3;1H4. The molecule has 3 aliphatic carbocycles. The summed E-state index contributed by atoms with van der Waals surface area (Å²) in [7, 11) is 0. The number of hydrogen-bond donors (Lipinski definition) is 9. The summed E-state index contributed by atoms with van der Waals surface area (Å²) in [4.78, 5) is 90.0. The molecule has 0 spiro atoms. The Labute approximate surface area is 425 Å². The molecule has 0 radical (unpaired) electrons. The molecule has 73 heavy (non-hydrogen) atoms. The summed E-state index contributed by atoms with van der Waals surface area (Å²) >= 11 is 0. The van der Waals surface area contributed by atoms with Gasteiger partial charge in [-0.1, -0.05) is 59.1 Å². The molecule has 0 aromatic heterocycles. The quantitative estimate of drug-likeness (QED) is 0.0221. The molecular weight excluding hydrogens is 973 g/mol. The van der Waals surface area contributed by atoms with Crippen LogP contribution in [0.2, 0.25) is 0 Å². The van der Waals surface area contributed by atoms with Crippen LogP contribution in [-0.4, -0.2) is 176 Å². The zero-order valence-corrected chi connectivity index (χ0v) is 41.8. The molecule has 3 saturated carbocycles. The maximum Gasteiger partial charge on any atom is 0.335 e. The lowest BCUT2D eigenvalue weighted by atomic mass is 9.79. The molecule has 9 N–H and O–H groups in total. The molecule has 5 fully saturated rings. The molecule has 2 saturated heterocycles. The number of carbonyl (C=O) groups is 8. The third kappa shape index (κ3) is 26.7. The average molecular weight is 1050 g/mol. The Bertz CT molecular complexity index is 1790. The first-order valence-corrected chi connectivity index (χ1v) is 23.7. The van der Waals surface area contributed by atoms with Gasteiger partial charge in [-0.2, -0.15) is 0 Å². The fourth-order valence-corrected chi connectivity index (χ4v) is 7.09. The van der Waals surface area contributed by atoms with E-state index in [2.05, 4.69) is 27.4 Å². The summed E-state index contributed by atoms with van der Waals surface area (Å²) in [5, 5.41) is 81.4. The number of aliphatic hydroxyl groups excluding tert-OH is 4. The van der Waals surface area contributed by atoms with Gasteiger partial charge >= 0.3 is 47.8 Å². The monoisotopic (exact) mass is 1050 g/mol. The van der Waals surface area contributed by atoms with Crippen LogP contribution in [-0.2, 0) is 71.5 Å². The Hall–Kier alpha value is -4.92. The van der Waals surface area contributed by atoms with E-state index in [0.29, 0.717) is 37.9 Å². The second-order valence-electron chi connectivity index (χ2n) is 19.2. The molecule has 24 nitrogen and oxygen atoms in total. The van der Waals surface area contributed by atoms with Gasteiger partial charge in [0.15, 0.2) is 6.29 Å². The van der Waals surface area contributed by atoms with E-state index in [1.807, 2.05) is 0 Å². The highest BCUT2D eigenvalue weighted by atomic mass is 16.8. The molecule has 24 heteroatoms. The Morgan fingerprint density at radius 2 is 0.973 bits per heavy atom. The minimum atomic E-state index is -1.61. The van der Waals surface area contributed by atoms with Crippen molar-refractivity contribution in [3.63, 3.8) is 0 Å². The molecule has 5 rings (SSSR count). The lowest BCUT2D eigenvalue weighted by molar-refractivity contribution is -0.188. The van der Waals surface area contributed by atoms with Crippen LogP contribution in [0.1, 0.15) is 119 Å². The van der Waals surface area contributed by atoms with Gasteiger partial charge in [-0.15, -0.1) is 0 Å². The average Bonchev–Trinajstić information content (AvgIpc) is 4.12. The lowest BCUT2D eigenvalue weighted by Crippen LogP contribution is -2.41. The fraction of sp³-hybridized carbons (Fsp3) is 0.755. The summed E-state index contributed by atoms with van der Waals surface area (Å²) in [5.41, 5.74) is -3.82. The van der Waals surface area contributed by atoms with Crippen molar-refractivity contribution in [2.45, 2.75) is 148 Å². The Balaban J connectivity index is 0.000000964. The van der Waals surface area contributed by atoms with Crippen LogP contribution in [0.25, 0.3) is 0 Å². The van der Waals surface area contributed by atoms with Crippen LogP contribution in [0.5, 0.6) is 0 Å². The summed E-state index contributed by atoms with van der Waals surface area (Å²) in [6.07, 6.45) is 6.97. The lowest BCUT2D eigenvalue weighted by Gasteiger charge is -2.29. The van der Waals surface area contributed by atoms with Crippen molar-refractivity contribution in [2.24, 2.45) is 35.5 Å². The van der Waals surface area contributed by atoms with E-state index in [-0.39, 0.29) is 62.2 Å². The first kappa shape index (κ1) is 68.1. The number of hydrogen-bond acceptors (Lipinski definition) is 22. The molecule has 2 heterocycles. The van der Waals surface area contributed by atoms with E-state index in [4.69, 9.17) is 44.5 Å². The molecule has 0 aromatic carbocycles. The van der Waals surface area contributed by atoms with E-state index in [1.165, 1.54) is 27.7 Å². The second kappa shape index (κ2) is 33.1. The first-order valence-electron chi connectivity index (χ1n) is 23.7. The van der Waals surface area contributed by atoms with Crippen molar-refractivity contribution < 1.29 is 117 Å². The van der Waals surface area contributed by atoms with Gasteiger partial charge in [-0.05, 0) is 73.1 Å². The molecule has 0 bridgehead atoms. The summed E-state index contributed by atoms with van der Waals surface area (Å²) < 4.78 is 33.5. The van der Waals surface area contributed by atoms with Crippen molar-refractivity contribution in [3.8, 4) is 0 Å². The minimum Gasteiger partial charge on any atom is -0.481 e. The predicted octanol–water partition coefficient (Wildman–Crippen LogP) is 1.49. The van der Waals surface area contributed by atoms with E-state index in [1.54, 1.807) is 6.92 Å². The third-order valence-electron chi connectivity index (χ3n) is 11.6. The van der Waals surface area contributed by atoms with Gasteiger partial charge in [0.2, 0.25) is 6.29 Å². The van der Waals surface area contributed by atoms with Crippen molar-refractivity contribution in [1.29, 1.82) is 0 Å². The van der Waals surface area contributed by atoms with Crippen molar-refractivity contribution in [1.82, 2.24) is 0 Å². The molecule has 10 unspecified atom stereocenters. The maximum absolute atomic E-state index is 12.2. The highest BCUT2D eigenvalue weighted by molar-refractivity contribution is 5.96. The van der Waals surface area contributed by atoms with E-state index in [0.717, 1.165) is 51.4 Å². The van der Waals surface area contributed by atoms with Crippen molar-refractivity contribution >= 4 is 47.8 Å². The number of fused-ring (bicyclic) bond motifs is 1. The first-order chi connectivity index (χ1) is 33.5. The largest absolute Gasteiger partial charge is 0.481 e. The molecule has 10 atom stereocenters. The summed E-state index contributed by atoms with van der Waals surface area (Å²) in [6.45, 7) is 11.5. The van der Waals surface area contributed by atoms with Crippen LogP contribution in [0.3, 0.4) is 0 Å². The van der Waals surface area contributed by atoms with Crippen LogP contribution < -0.4 is 0 Å². The van der Waals surface area contributed by atoms with E-state index < -0.39 is 110 Å². The van der Waals surface area contributed by atoms with Crippen molar-refractivity contribution in [2.75, 3.05) is 52.9 Å². The highest BCUT2D eigenvalue weighted by Gasteiger charge is 2.45. The number of esters is 6. The Kier molecular flexibility index (Phi) is 30.9. The van der Waals surface area contributed by atoms with Crippen LogP contribution in [0.4, 0.5) is 0 Å². The third-order valence-corrected chi connectivity index (χ3v) is 11.6. The number of aliphatic hydroxyl groups is 7.